The molecular weight excluding hydrogens is 146 g/mol. The van der Waals surface area contributed by atoms with Crippen LogP contribution in [0.1, 0.15) is 25.8 Å². The van der Waals surface area contributed by atoms with E-state index in [1.165, 1.54) is 5.56 Å². The van der Waals surface area contributed by atoms with Gasteiger partial charge in [-0.05, 0) is 18.1 Å². The van der Waals surface area contributed by atoms with Gasteiger partial charge in [0.25, 0.3) is 0 Å². The fourth-order valence-corrected chi connectivity index (χ4v) is 1.63. The van der Waals surface area contributed by atoms with Crippen LogP contribution >= 0.6 is 0 Å². The number of nitrogens with zero attached hydrogens (tertiary/aromatic N) is 1. The molecule has 0 amide bonds. The van der Waals surface area contributed by atoms with Crippen LogP contribution in [0, 0.1) is 0 Å². The Morgan fingerprint density at radius 3 is 2.83 bits per heavy atom. The Balaban J connectivity index is 2.56. The van der Waals surface area contributed by atoms with Crippen LogP contribution in [0.4, 0.5) is 5.69 Å². The van der Waals surface area contributed by atoms with Crippen molar-refractivity contribution in [3.8, 4) is 0 Å². The summed E-state index contributed by atoms with van der Waals surface area (Å²) in [5.74, 6) is 0. The van der Waals surface area contributed by atoms with Crippen LogP contribution in [0.25, 0.3) is 0 Å². The molecule has 0 aromatic heterocycles. The summed E-state index contributed by atoms with van der Waals surface area (Å²) in [6, 6.07) is 8.37. The van der Waals surface area contributed by atoms with Crippen LogP contribution in [-0.4, -0.2) is 6.21 Å². The molecule has 0 spiro atoms. The number of fused-ring (bicyclic) bond motifs is 1. The average Bonchev–Trinajstić information content (AvgIpc) is 2.46. The van der Waals surface area contributed by atoms with Gasteiger partial charge >= 0.3 is 0 Å². The molecule has 1 aliphatic heterocycles. The lowest BCUT2D eigenvalue weighted by atomic mass is 9.82. The molecule has 0 saturated carbocycles. The van der Waals surface area contributed by atoms with E-state index in [9.17, 15) is 0 Å². The molecule has 0 radical (unpaired) electrons. The van der Waals surface area contributed by atoms with Crippen LogP contribution in [-0.2, 0) is 5.41 Å². The van der Waals surface area contributed by atoms with E-state index in [0.717, 1.165) is 12.1 Å². The maximum absolute atomic E-state index is 4.40. The van der Waals surface area contributed by atoms with Crippen molar-refractivity contribution in [2.45, 2.75) is 25.7 Å². The topological polar surface area (TPSA) is 12.4 Å². The highest BCUT2D eigenvalue weighted by Crippen LogP contribution is 2.38. The van der Waals surface area contributed by atoms with E-state index in [4.69, 9.17) is 0 Å². The summed E-state index contributed by atoms with van der Waals surface area (Å²) in [6.07, 6.45) is 3.19. The molecule has 1 aromatic rings. The lowest BCUT2D eigenvalue weighted by molar-refractivity contribution is 0.638. The molecule has 0 fully saturated rings. The van der Waals surface area contributed by atoms with Gasteiger partial charge < -0.3 is 0 Å². The van der Waals surface area contributed by atoms with Crippen molar-refractivity contribution in [2.75, 3.05) is 0 Å². The third-order valence-corrected chi connectivity index (χ3v) is 2.74. The maximum atomic E-state index is 4.40. The minimum atomic E-state index is 0.177. The molecule has 1 heteroatoms. The summed E-state index contributed by atoms with van der Waals surface area (Å²) < 4.78 is 0. The number of hydrogen-bond acceptors (Lipinski definition) is 1. The maximum Gasteiger partial charge on any atom is 0.0667 e. The number of aliphatic imine (C=N–C) groups is 1. The van der Waals surface area contributed by atoms with E-state index in [-0.39, 0.29) is 5.41 Å². The van der Waals surface area contributed by atoms with E-state index in [2.05, 4.69) is 43.3 Å². The first-order chi connectivity index (χ1) is 5.76. The van der Waals surface area contributed by atoms with Crippen molar-refractivity contribution in [2.24, 2.45) is 4.99 Å². The van der Waals surface area contributed by atoms with Gasteiger partial charge in [-0.2, -0.15) is 0 Å². The van der Waals surface area contributed by atoms with E-state index in [0.29, 0.717) is 0 Å². The largest absolute Gasteiger partial charge is 0.260 e. The first-order valence-corrected chi connectivity index (χ1v) is 4.41. The van der Waals surface area contributed by atoms with E-state index >= 15 is 0 Å². The summed E-state index contributed by atoms with van der Waals surface area (Å²) in [5.41, 5.74) is 2.69. The van der Waals surface area contributed by atoms with Crippen LogP contribution in [0.5, 0.6) is 0 Å². The van der Waals surface area contributed by atoms with Crippen LogP contribution in [0.15, 0.2) is 29.3 Å². The molecule has 0 bridgehead atoms. The molecule has 1 nitrogen and oxygen atoms in total. The van der Waals surface area contributed by atoms with Crippen LogP contribution in [0.2, 0.25) is 0 Å². The van der Waals surface area contributed by atoms with E-state index in [1.54, 1.807) is 0 Å². The summed E-state index contributed by atoms with van der Waals surface area (Å²) in [7, 11) is 0. The lowest BCUT2D eigenvalue weighted by Crippen LogP contribution is -2.18. The number of hydrogen-bond donors (Lipinski definition) is 0. The lowest BCUT2D eigenvalue weighted by Gasteiger charge is -2.19. The number of para-hydroxylation sites is 1. The third-order valence-electron chi connectivity index (χ3n) is 2.74. The molecule has 0 saturated heterocycles. The average molecular weight is 159 g/mol. The second-order valence-electron chi connectivity index (χ2n) is 3.55. The van der Waals surface area contributed by atoms with Crippen molar-refractivity contribution in [1.29, 1.82) is 0 Å². The van der Waals surface area contributed by atoms with Crippen molar-refractivity contribution >= 4 is 11.9 Å². The zero-order valence-electron chi connectivity index (χ0n) is 7.54. The minimum Gasteiger partial charge on any atom is -0.260 e. The highest BCUT2D eigenvalue weighted by atomic mass is 14.8. The smallest absolute Gasteiger partial charge is 0.0667 e. The van der Waals surface area contributed by atoms with E-state index in [1.807, 2.05) is 6.07 Å². The second kappa shape index (κ2) is 2.44. The normalized spacial score (nSPS) is 25.8. The molecule has 1 aromatic carbocycles. The Labute approximate surface area is 73.1 Å². The Bertz CT molecular complexity index is 328. The Morgan fingerprint density at radius 2 is 2.08 bits per heavy atom. The molecule has 12 heavy (non-hydrogen) atoms. The first kappa shape index (κ1) is 7.53. The molecule has 0 aliphatic carbocycles. The molecule has 1 atom stereocenters. The summed E-state index contributed by atoms with van der Waals surface area (Å²) >= 11 is 0. The minimum absolute atomic E-state index is 0.177. The highest BCUT2D eigenvalue weighted by molar-refractivity contribution is 5.84. The number of rotatable bonds is 1. The van der Waals surface area contributed by atoms with Crippen molar-refractivity contribution in [3.63, 3.8) is 0 Å². The predicted octanol–water partition coefficient (Wildman–Crippen LogP) is 3.07. The van der Waals surface area contributed by atoms with Crippen LogP contribution < -0.4 is 0 Å². The van der Waals surface area contributed by atoms with Gasteiger partial charge in [-0.15, -0.1) is 0 Å². The van der Waals surface area contributed by atoms with Crippen molar-refractivity contribution in [1.82, 2.24) is 0 Å². The van der Waals surface area contributed by atoms with Gasteiger partial charge in [0.2, 0.25) is 0 Å². The number of benzene rings is 1. The Kier molecular flexibility index (Phi) is 1.53. The predicted molar refractivity (Wildman–Crippen MR) is 52.2 cm³/mol. The summed E-state index contributed by atoms with van der Waals surface area (Å²) in [6.45, 7) is 4.44. The van der Waals surface area contributed by atoms with Gasteiger partial charge in [-0.3, -0.25) is 4.99 Å². The molecular formula is C11H13N. The summed E-state index contributed by atoms with van der Waals surface area (Å²) in [5, 5.41) is 0. The third kappa shape index (κ3) is 0.893. The quantitative estimate of drug-likeness (QED) is 0.597. The molecule has 1 heterocycles. The van der Waals surface area contributed by atoms with Crippen molar-refractivity contribution in [3.05, 3.63) is 29.8 Å². The van der Waals surface area contributed by atoms with Gasteiger partial charge in [0.15, 0.2) is 0 Å². The molecule has 0 unspecified atom stereocenters. The molecule has 1 aliphatic rings. The molecule has 62 valence electrons. The standard InChI is InChI=1S/C11H13N/c1-3-11(2)8-12-10-7-5-4-6-9(10)11/h4-8H,3H2,1-2H3/t11-/m0/s1. The van der Waals surface area contributed by atoms with E-state index < -0.39 is 0 Å². The van der Waals surface area contributed by atoms with Gasteiger partial charge in [0.05, 0.1) is 5.69 Å². The SMILES string of the molecule is CC[C@@]1(C)C=Nc2ccccc21. The Hall–Kier alpha value is -1.11. The van der Waals surface area contributed by atoms with Gasteiger partial charge in [0.1, 0.15) is 0 Å². The van der Waals surface area contributed by atoms with Crippen molar-refractivity contribution < 1.29 is 0 Å². The highest BCUT2D eigenvalue weighted by Gasteiger charge is 2.28. The molecule has 0 N–H and O–H groups in total. The van der Waals surface area contributed by atoms with Gasteiger partial charge in [-0.1, -0.05) is 32.0 Å². The van der Waals surface area contributed by atoms with Crippen LogP contribution in [0.3, 0.4) is 0 Å². The molecule has 2 rings (SSSR count). The summed E-state index contributed by atoms with van der Waals surface area (Å²) in [4.78, 5) is 4.40. The Morgan fingerprint density at radius 1 is 1.33 bits per heavy atom. The second-order valence-corrected chi connectivity index (χ2v) is 3.55. The first-order valence-electron chi connectivity index (χ1n) is 4.41. The van der Waals surface area contributed by atoms with Gasteiger partial charge in [-0.25, -0.2) is 0 Å². The zero-order valence-corrected chi connectivity index (χ0v) is 7.54. The van der Waals surface area contributed by atoms with Gasteiger partial charge in [0, 0.05) is 11.6 Å². The zero-order chi connectivity index (χ0) is 8.60. The fraction of sp³-hybridized carbons (Fsp3) is 0.364. The fourth-order valence-electron chi connectivity index (χ4n) is 1.63. The monoisotopic (exact) mass is 159 g/mol.